The number of carbonyl (C=O) groups is 2. The van der Waals surface area contributed by atoms with E-state index in [1.165, 1.54) is 0 Å². The van der Waals surface area contributed by atoms with Crippen LogP contribution in [0, 0.1) is 12.3 Å². The quantitative estimate of drug-likeness (QED) is 0.117. The van der Waals surface area contributed by atoms with Crippen LogP contribution in [0.25, 0.3) is 17.2 Å². The molecule has 0 aliphatic heterocycles. The summed E-state index contributed by atoms with van der Waals surface area (Å²) in [5.41, 5.74) is 6.80. The molecule has 0 aliphatic rings. The first-order valence-electron chi connectivity index (χ1n) is 15.2. The lowest BCUT2D eigenvalue weighted by molar-refractivity contribution is -0.117. The van der Waals surface area contributed by atoms with Gasteiger partial charge in [0.1, 0.15) is 0 Å². The molecule has 0 saturated heterocycles. The van der Waals surface area contributed by atoms with Gasteiger partial charge in [-0.15, -0.1) is 0 Å². The molecule has 1 unspecified atom stereocenters. The normalized spacial score (nSPS) is 12.7. The minimum Gasteiger partial charge on any atom is -0.326 e. The monoisotopic (exact) mass is 657 g/mol. The van der Waals surface area contributed by atoms with Crippen molar-refractivity contribution in [1.29, 1.82) is 0 Å². The number of Topliss-reactive ketones (excluding diaryl/α,β-unsaturated/α-hetero) is 1. The minimum atomic E-state index is -4.11. The summed E-state index contributed by atoms with van der Waals surface area (Å²) >= 11 is 6.48. The lowest BCUT2D eigenvalue weighted by Crippen LogP contribution is -2.23. The number of anilines is 1. The van der Waals surface area contributed by atoms with Gasteiger partial charge < -0.3 is 5.32 Å². The number of hydrogen-bond donors (Lipinski definition) is 2. The average molecular weight is 658 g/mol. The second kappa shape index (κ2) is 15.0. The fraction of sp³-hybridized carbons (Fsp3) is 0.263. The van der Waals surface area contributed by atoms with Crippen LogP contribution >= 0.6 is 11.6 Å². The van der Waals surface area contributed by atoms with E-state index in [9.17, 15) is 18.0 Å². The number of aryl methyl sites for hydroxylation is 1. The molecule has 4 rings (SSSR count). The molecule has 6 nitrogen and oxygen atoms in total. The Hall–Kier alpha value is -4.04. The molecule has 0 aliphatic carbocycles. The molecule has 0 heterocycles. The molecule has 8 heteroatoms. The molecular formula is C38H40ClNO5S. The fourth-order valence-corrected chi connectivity index (χ4v) is 5.88. The minimum absolute atomic E-state index is 0.00723. The largest absolute Gasteiger partial charge is 0.326 e. The zero-order chi connectivity index (χ0) is 33.5. The van der Waals surface area contributed by atoms with Gasteiger partial charge in [0.2, 0.25) is 5.91 Å². The first kappa shape index (κ1) is 34.8. The number of benzene rings is 4. The van der Waals surface area contributed by atoms with Crippen LogP contribution in [0.3, 0.4) is 0 Å². The van der Waals surface area contributed by atoms with Gasteiger partial charge in [-0.1, -0.05) is 117 Å². The zero-order valence-electron chi connectivity index (χ0n) is 26.6. The summed E-state index contributed by atoms with van der Waals surface area (Å²) in [6, 6.07) is 28.5. The van der Waals surface area contributed by atoms with Crippen LogP contribution in [0.5, 0.6) is 0 Å². The second-order valence-electron chi connectivity index (χ2n) is 12.7. The molecule has 1 atom stereocenters. The van der Waals surface area contributed by atoms with E-state index in [2.05, 4.69) is 38.2 Å². The first-order valence-corrected chi connectivity index (χ1v) is 17.2. The van der Waals surface area contributed by atoms with Crippen LogP contribution in [0.15, 0.2) is 97.1 Å². The van der Waals surface area contributed by atoms with E-state index in [1.54, 1.807) is 12.1 Å². The molecule has 0 saturated carbocycles. The molecule has 2 N–H and O–H groups in total. The number of hydrogen-bond acceptors (Lipinski definition) is 4. The van der Waals surface area contributed by atoms with Crippen LogP contribution < -0.4 is 5.32 Å². The highest BCUT2D eigenvalue weighted by molar-refractivity contribution is 7.85. The zero-order valence-corrected chi connectivity index (χ0v) is 28.2. The van der Waals surface area contributed by atoms with Crippen LogP contribution in [0.1, 0.15) is 72.1 Å². The van der Waals surface area contributed by atoms with Crippen molar-refractivity contribution in [3.8, 4) is 11.1 Å². The molecule has 0 fully saturated rings. The Morgan fingerprint density at radius 2 is 1.63 bits per heavy atom. The number of rotatable bonds is 12. The van der Waals surface area contributed by atoms with E-state index in [-0.39, 0.29) is 29.9 Å². The van der Waals surface area contributed by atoms with E-state index in [0.29, 0.717) is 22.7 Å². The maximum atomic E-state index is 13.9. The van der Waals surface area contributed by atoms with Gasteiger partial charge in [-0.3, -0.25) is 14.1 Å². The molecule has 0 aromatic heterocycles. The van der Waals surface area contributed by atoms with Crippen LogP contribution in [0.4, 0.5) is 5.69 Å². The highest BCUT2D eigenvalue weighted by atomic mass is 35.5. The average Bonchev–Trinajstić information content (AvgIpc) is 2.99. The van der Waals surface area contributed by atoms with E-state index in [0.717, 1.165) is 33.4 Å². The standard InChI is InChI=1S/C38H40ClNO5S/c1-26-10-19-33(35(39)23-26)29-15-17-32(18-16-29)40-37(42)34(31-8-5-7-27(24-31)20-21-38(2,3)4)25-28-11-13-30(14-12-28)36(41)9-6-22-46(43,44)45/h5,7-8,10-21,23-24,34H,6,9,22,25H2,1-4H3,(H,40,42)(H,43,44,45)/b21-20+. The highest BCUT2D eigenvalue weighted by Gasteiger charge is 2.22. The predicted molar refractivity (Wildman–Crippen MR) is 188 cm³/mol. The van der Waals surface area contributed by atoms with Crippen LogP contribution in [-0.4, -0.2) is 30.4 Å². The van der Waals surface area contributed by atoms with E-state index < -0.39 is 21.8 Å². The Labute approximate surface area is 277 Å². The predicted octanol–water partition coefficient (Wildman–Crippen LogP) is 9.19. The Bertz CT molecular complexity index is 1820. The molecule has 1 amide bonds. The smallest absolute Gasteiger partial charge is 0.264 e. The van der Waals surface area contributed by atoms with Gasteiger partial charge in [0.25, 0.3) is 10.1 Å². The number of carbonyl (C=O) groups excluding carboxylic acids is 2. The number of allylic oxidation sites excluding steroid dienone is 1. The van der Waals surface area contributed by atoms with Crippen molar-refractivity contribution in [2.24, 2.45) is 5.41 Å². The first-order chi connectivity index (χ1) is 21.7. The molecule has 4 aromatic carbocycles. The molecule has 0 spiro atoms. The third kappa shape index (κ3) is 10.5. The number of ketones is 1. The van der Waals surface area contributed by atoms with Crippen molar-refractivity contribution < 1.29 is 22.6 Å². The maximum Gasteiger partial charge on any atom is 0.264 e. The van der Waals surface area contributed by atoms with Crippen molar-refractivity contribution >= 4 is 45.2 Å². The number of halogens is 1. The van der Waals surface area contributed by atoms with Gasteiger partial charge in [-0.05, 0) is 71.2 Å². The van der Waals surface area contributed by atoms with Gasteiger partial charge >= 0.3 is 0 Å². The lowest BCUT2D eigenvalue weighted by Gasteiger charge is -2.19. The van der Waals surface area contributed by atoms with Crippen molar-refractivity contribution in [2.45, 2.75) is 52.9 Å². The molecule has 0 bridgehead atoms. The molecule has 46 heavy (non-hydrogen) atoms. The third-order valence-electron chi connectivity index (χ3n) is 7.52. The maximum absolute atomic E-state index is 13.9. The topological polar surface area (TPSA) is 101 Å². The summed E-state index contributed by atoms with van der Waals surface area (Å²) in [5, 5.41) is 3.76. The number of amides is 1. The van der Waals surface area contributed by atoms with Gasteiger partial charge in [0.15, 0.2) is 5.78 Å². The van der Waals surface area contributed by atoms with Crippen LogP contribution in [0.2, 0.25) is 5.02 Å². The Morgan fingerprint density at radius 1 is 0.935 bits per heavy atom. The summed E-state index contributed by atoms with van der Waals surface area (Å²) in [4.78, 5) is 26.5. The van der Waals surface area contributed by atoms with Crippen molar-refractivity contribution in [2.75, 3.05) is 11.1 Å². The summed E-state index contributed by atoms with van der Waals surface area (Å²) in [6.45, 7) is 8.38. The Morgan fingerprint density at radius 3 is 2.26 bits per heavy atom. The van der Waals surface area contributed by atoms with Crippen molar-refractivity contribution in [3.63, 3.8) is 0 Å². The van der Waals surface area contributed by atoms with Gasteiger partial charge in [0.05, 0.1) is 11.7 Å². The number of nitrogens with one attached hydrogen (secondary N) is 1. The van der Waals surface area contributed by atoms with E-state index in [1.807, 2.05) is 85.8 Å². The van der Waals surface area contributed by atoms with Crippen molar-refractivity contribution in [3.05, 3.63) is 130 Å². The van der Waals surface area contributed by atoms with Gasteiger partial charge in [-0.2, -0.15) is 8.42 Å². The Balaban J connectivity index is 1.56. The summed E-state index contributed by atoms with van der Waals surface area (Å²) in [6.07, 6.45) is 4.64. The third-order valence-corrected chi connectivity index (χ3v) is 8.63. The van der Waals surface area contributed by atoms with Crippen molar-refractivity contribution in [1.82, 2.24) is 0 Å². The lowest BCUT2D eigenvalue weighted by atomic mass is 9.89. The summed E-state index contributed by atoms with van der Waals surface area (Å²) in [5.74, 6) is -1.35. The SMILES string of the molecule is Cc1ccc(-c2ccc(NC(=O)C(Cc3ccc(C(=O)CCCS(=O)(=O)O)cc3)c3cccc(/C=C/C(C)(C)C)c3)cc2)c(Cl)c1. The molecule has 240 valence electrons. The highest BCUT2D eigenvalue weighted by Crippen LogP contribution is 2.31. The fourth-order valence-electron chi connectivity index (χ4n) is 5.03. The Kier molecular flexibility index (Phi) is 11.4. The van der Waals surface area contributed by atoms with Crippen LogP contribution in [-0.2, 0) is 21.3 Å². The van der Waals surface area contributed by atoms with E-state index in [4.69, 9.17) is 16.2 Å². The molecule has 0 radical (unpaired) electrons. The summed E-state index contributed by atoms with van der Waals surface area (Å²) in [7, 11) is -4.11. The molecular weight excluding hydrogens is 618 g/mol. The van der Waals surface area contributed by atoms with Gasteiger partial charge in [0, 0.05) is 28.3 Å². The summed E-state index contributed by atoms with van der Waals surface area (Å²) < 4.78 is 30.9. The van der Waals surface area contributed by atoms with E-state index >= 15 is 0 Å². The second-order valence-corrected chi connectivity index (χ2v) is 14.7. The molecule has 4 aromatic rings. The van der Waals surface area contributed by atoms with Gasteiger partial charge in [-0.25, -0.2) is 0 Å².